The number of aromatic nitrogens is 2. The Labute approximate surface area is 146 Å². The van der Waals surface area contributed by atoms with Crippen LogP contribution in [0.4, 0.5) is 0 Å². The molecule has 1 fully saturated rings. The van der Waals surface area contributed by atoms with Crippen molar-refractivity contribution in [3.63, 3.8) is 0 Å². The van der Waals surface area contributed by atoms with Crippen LogP contribution in [0.3, 0.4) is 0 Å². The van der Waals surface area contributed by atoms with Gasteiger partial charge in [0.2, 0.25) is 0 Å². The number of halogens is 1. The molecule has 2 aliphatic heterocycles. The van der Waals surface area contributed by atoms with Crippen molar-refractivity contribution in [2.75, 3.05) is 13.1 Å². The molecule has 0 bridgehead atoms. The van der Waals surface area contributed by atoms with E-state index in [0.717, 1.165) is 43.2 Å². The van der Waals surface area contributed by atoms with Crippen LogP contribution in [0.15, 0.2) is 18.5 Å². The van der Waals surface area contributed by atoms with Crippen LogP contribution in [0, 0.1) is 0 Å². The summed E-state index contributed by atoms with van der Waals surface area (Å²) >= 11 is 8.01. The Kier molecular flexibility index (Phi) is 4.00. The molecular formula is C17H22ClN3OS. The molecule has 1 spiro atoms. The molecule has 4 heterocycles. The van der Waals surface area contributed by atoms with Crippen LogP contribution < -0.4 is 0 Å². The number of ether oxygens (including phenoxy) is 1. The molecule has 4 nitrogen and oxygen atoms in total. The Balaban J connectivity index is 1.50. The lowest BCUT2D eigenvalue weighted by atomic mass is 9.81. The molecule has 23 heavy (non-hydrogen) atoms. The molecule has 0 N–H and O–H groups in total. The fraction of sp³-hybridized carbons (Fsp3) is 0.588. The average molecular weight is 352 g/mol. The highest BCUT2D eigenvalue weighted by Gasteiger charge is 2.43. The summed E-state index contributed by atoms with van der Waals surface area (Å²) in [5.41, 5.74) is 2.51. The average Bonchev–Trinajstić information content (AvgIpc) is 3.07. The third kappa shape index (κ3) is 2.95. The van der Waals surface area contributed by atoms with Crippen molar-refractivity contribution in [1.29, 1.82) is 0 Å². The number of hydrogen-bond donors (Lipinski definition) is 0. The maximum absolute atomic E-state index is 6.46. The molecule has 4 rings (SSSR count). The molecule has 0 radical (unpaired) electrons. The zero-order chi connectivity index (χ0) is 16.0. The quantitative estimate of drug-likeness (QED) is 0.828. The van der Waals surface area contributed by atoms with E-state index < -0.39 is 0 Å². The van der Waals surface area contributed by atoms with Gasteiger partial charge in [-0.2, -0.15) is 5.10 Å². The van der Waals surface area contributed by atoms with Crippen molar-refractivity contribution >= 4 is 22.9 Å². The van der Waals surface area contributed by atoms with E-state index in [4.69, 9.17) is 16.3 Å². The van der Waals surface area contributed by atoms with Crippen LogP contribution in [-0.2, 0) is 30.4 Å². The monoisotopic (exact) mass is 351 g/mol. The van der Waals surface area contributed by atoms with E-state index in [-0.39, 0.29) is 11.7 Å². The minimum absolute atomic E-state index is 0.123. The lowest BCUT2D eigenvalue weighted by Crippen LogP contribution is -2.47. The topological polar surface area (TPSA) is 30.3 Å². The molecule has 2 aromatic heterocycles. The molecule has 0 saturated carbocycles. The van der Waals surface area contributed by atoms with Crippen LogP contribution in [0.2, 0.25) is 4.34 Å². The number of thiophene rings is 1. The minimum Gasteiger partial charge on any atom is -0.367 e. The number of nitrogens with zero attached hydrogens (tertiary/aromatic N) is 3. The van der Waals surface area contributed by atoms with Gasteiger partial charge in [-0.1, -0.05) is 11.6 Å². The van der Waals surface area contributed by atoms with E-state index in [0.29, 0.717) is 0 Å². The summed E-state index contributed by atoms with van der Waals surface area (Å²) in [6.45, 7) is 5.25. The fourth-order valence-electron chi connectivity index (χ4n) is 3.96. The second-order valence-corrected chi connectivity index (χ2v) is 8.58. The van der Waals surface area contributed by atoms with Gasteiger partial charge in [-0.05, 0) is 31.4 Å². The van der Waals surface area contributed by atoms with Crippen LogP contribution in [-0.4, -0.2) is 33.9 Å². The van der Waals surface area contributed by atoms with E-state index in [2.05, 4.69) is 29.2 Å². The van der Waals surface area contributed by atoms with Crippen LogP contribution in [0.5, 0.6) is 0 Å². The fourth-order valence-corrected chi connectivity index (χ4v) is 5.43. The number of fused-ring (bicyclic) bond motifs is 2. The van der Waals surface area contributed by atoms with Crippen molar-refractivity contribution in [3.05, 3.63) is 38.8 Å². The van der Waals surface area contributed by atoms with Gasteiger partial charge in [-0.15, -0.1) is 11.3 Å². The van der Waals surface area contributed by atoms with E-state index in [1.165, 1.54) is 16.0 Å². The molecule has 1 atom stereocenters. The summed E-state index contributed by atoms with van der Waals surface area (Å²) in [7, 11) is 1.97. The van der Waals surface area contributed by atoms with Gasteiger partial charge in [0.05, 0.1) is 22.2 Å². The van der Waals surface area contributed by atoms with Gasteiger partial charge in [-0.3, -0.25) is 9.58 Å². The minimum atomic E-state index is -0.123. The predicted octanol–water partition coefficient (Wildman–Crippen LogP) is 3.59. The van der Waals surface area contributed by atoms with Gasteiger partial charge < -0.3 is 4.74 Å². The molecule has 1 unspecified atom stereocenters. The van der Waals surface area contributed by atoms with E-state index in [9.17, 15) is 0 Å². The first-order valence-electron chi connectivity index (χ1n) is 8.20. The largest absolute Gasteiger partial charge is 0.367 e. The normalized spacial score (nSPS) is 24.0. The molecule has 0 amide bonds. The third-order valence-corrected chi connectivity index (χ3v) is 6.28. The molecule has 2 aromatic rings. The second kappa shape index (κ2) is 5.88. The van der Waals surface area contributed by atoms with E-state index in [1.54, 1.807) is 11.3 Å². The summed E-state index contributed by atoms with van der Waals surface area (Å²) in [4.78, 5) is 3.92. The molecule has 6 heteroatoms. The number of rotatable bonds is 2. The van der Waals surface area contributed by atoms with Crippen LogP contribution in [0.25, 0.3) is 0 Å². The molecule has 124 valence electrons. The first kappa shape index (κ1) is 15.6. The van der Waals surface area contributed by atoms with Gasteiger partial charge in [0, 0.05) is 49.7 Å². The van der Waals surface area contributed by atoms with Crippen LogP contribution in [0.1, 0.15) is 35.8 Å². The second-order valence-electron chi connectivity index (χ2n) is 6.81. The molecule has 1 saturated heterocycles. The van der Waals surface area contributed by atoms with Gasteiger partial charge in [0.1, 0.15) is 0 Å². The maximum Gasteiger partial charge on any atom is 0.0970 e. The lowest BCUT2D eigenvalue weighted by Gasteiger charge is -2.46. The zero-order valence-electron chi connectivity index (χ0n) is 13.6. The highest BCUT2D eigenvalue weighted by molar-refractivity contribution is 7.16. The standard InChI is InChI=1S/C17H22ClN3OS/c1-12-7-15-14(8-16(18)23-15)17(22-12)3-5-21(6-4-17)11-13-9-19-20(2)10-13/h8-10,12H,3-7,11H2,1-2H3. The summed E-state index contributed by atoms with van der Waals surface area (Å²) in [6.07, 6.45) is 7.41. The van der Waals surface area contributed by atoms with Gasteiger partial charge in [0.15, 0.2) is 0 Å². The van der Waals surface area contributed by atoms with Crippen LogP contribution >= 0.6 is 22.9 Å². The van der Waals surface area contributed by atoms with Gasteiger partial charge in [-0.25, -0.2) is 0 Å². The summed E-state index contributed by atoms with van der Waals surface area (Å²) < 4.78 is 9.22. The first-order chi connectivity index (χ1) is 11.0. The maximum atomic E-state index is 6.46. The van der Waals surface area contributed by atoms with Crippen molar-refractivity contribution in [2.24, 2.45) is 7.05 Å². The molecule has 0 aliphatic carbocycles. The Hall–Kier alpha value is -0.880. The Morgan fingerprint density at radius 2 is 2.22 bits per heavy atom. The molecule has 0 aromatic carbocycles. The molecule has 2 aliphatic rings. The molecular weight excluding hydrogens is 330 g/mol. The van der Waals surface area contributed by atoms with Crippen molar-refractivity contribution < 1.29 is 4.74 Å². The Bertz CT molecular complexity index is 703. The highest BCUT2D eigenvalue weighted by atomic mass is 35.5. The van der Waals surface area contributed by atoms with E-state index >= 15 is 0 Å². The number of aryl methyl sites for hydroxylation is 1. The van der Waals surface area contributed by atoms with Crippen molar-refractivity contribution in [3.8, 4) is 0 Å². The zero-order valence-corrected chi connectivity index (χ0v) is 15.2. The Morgan fingerprint density at radius 1 is 1.43 bits per heavy atom. The number of likely N-dealkylation sites (tertiary alicyclic amines) is 1. The number of hydrogen-bond acceptors (Lipinski definition) is 4. The highest BCUT2D eigenvalue weighted by Crippen LogP contribution is 2.47. The first-order valence-corrected chi connectivity index (χ1v) is 9.40. The summed E-state index contributed by atoms with van der Waals surface area (Å²) in [5.74, 6) is 0. The van der Waals surface area contributed by atoms with Crippen molar-refractivity contribution in [2.45, 2.75) is 44.4 Å². The summed E-state index contributed by atoms with van der Waals surface area (Å²) in [6, 6.07) is 2.14. The van der Waals surface area contributed by atoms with Gasteiger partial charge in [0.25, 0.3) is 0 Å². The Morgan fingerprint density at radius 3 is 2.91 bits per heavy atom. The van der Waals surface area contributed by atoms with Gasteiger partial charge >= 0.3 is 0 Å². The predicted molar refractivity (Wildman–Crippen MR) is 93.0 cm³/mol. The van der Waals surface area contributed by atoms with E-state index in [1.807, 2.05) is 17.9 Å². The lowest BCUT2D eigenvalue weighted by molar-refractivity contribution is -0.133. The SMILES string of the molecule is CC1Cc2sc(Cl)cc2C2(CCN(Cc3cnn(C)c3)CC2)O1. The smallest absolute Gasteiger partial charge is 0.0970 e. The van der Waals surface area contributed by atoms with Crippen molar-refractivity contribution in [1.82, 2.24) is 14.7 Å². The number of piperidine rings is 1. The summed E-state index contributed by atoms with van der Waals surface area (Å²) in [5, 5.41) is 4.26. The third-order valence-electron chi connectivity index (χ3n) is 5.00.